The van der Waals surface area contributed by atoms with Crippen LogP contribution in [0.25, 0.3) is 0 Å². The molecule has 17 heavy (non-hydrogen) atoms. The number of benzene rings is 1. The van der Waals surface area contributed by atoms with Gasteiger partial charge in [0.25, 0.3) is 0 Å². The average molecular weight is 251 g/mol. The molecule has 0 spiro atoms. The van der Waals surface area contributed by atoms with E-state index >= 15 is 0 Å². The Morgan fingerprint density at radius 2 is 2.06 bits per heavy atom. The normalized spacial score (nSPS) is 23.7. The minimum atomic E-state index is 0.274. The van der Waals surface area contributed by atoms with E-state index in [-0.39, 0.29) is 6.61 Å². The van der Waals surface area contributed by atoms with Crippen LogP contribution in [0.15, 0.2) is 17.0 Å². The molecule has 1 aliphatic rings. The molecule has 2 unspecified atom stereocenters. The third-order valence-electron chi connectivity index (χ3n) is 3.61. The summed E-state index contributed by atoms with van der Waals surface area (Å²) in [4.78, 5) is 3.74. The molecule has 1 aromatic carbocycles. The predicted octanol–water partition coefficient (Wildman–Crippen LogP) is 2.98. The van der Waals surface area contributed by atoms with Gasteiger partial charge in [-0.05, 0) is 44.4 Å². The van der Waals surface area contributed by atoms with Crippen molar-refractivity contribution >= 4 is 17.4 Å². The number of aliphatic hydroxyl groups is 1. The van der Waals surface area contributed by atoms with Gasteiger partial charge < -0.3 is 10.0 Å². The molecule has 0 bridgehead atoms. The Labute approximate surface area is 108 Å². The Morgan fingerprint density at radius 1 is 1.35 bits per heavy atom. The maximum absolute atomic E-state index is 9.15. The van der Waals surface area contributed by atoms with Crippen LogP contribution in [0.3, 0.4) is 0 Å². The fraction of sp³-hybridized carbons (Fsp3) is 0.571. The third-order valence-corrected chi connectivity index (χ3v) is 5.31. The topological polar surface area (TPSA) is 23.5 Å². The lowest BCUT2D eigenvalue weighted by Crippen LogP contribution is -2.41. The van der Waals surface area contributed by atoms with E-state index in [0.29, 0.717) is 11.3 Å². The van der Waals surface area contributed by atoms with E-state index in [0.717, 1.165) is 6.42 Å². The van der Waals surface area contributed by atoms with Crippen molar-refractivity contribution in [3.05, 3.63) is 23.3 Å². The summed E-state index contributed by atoms with van der Waals surface area (Å²) >= 11 is 1.93. The van der Waals surface area contributed by atoms with Gasteiger partial charge in [-0.25, -0.2) is 0 Å². The maximum atomic E-state index is 9.15. The number of hydrogen-bond acceptors (Lipinski definition) is 3. The third kappa shape index (κ3) is 2.31. The smallest absolute Gasteiger partial charge is 0.0510 e. The van der Waals surface area contributed by atoms with Gasteiger partial charge in [-0.1, -0.05) is 6.07 Å². The Morgan fingerprint density at radius 3 is 2.71 bits per heavy atom. The first-order chi connectivity index (χ1) is 8.04. The molecule has 3 heteroatoms. The number of anilines is 1. The second-order valence-electron chi connectivity index (χ2n) is 4.95. The Balaban J connectivity index is 2.41. The number of rotatable bonds is 2. The molecule has 0 saturated carbocycles. The molecule has 0 aliphatic carbocycles. The van der Waals surface area contributed by atoms with Crippen molar-refractivity contribution in [2.24, 2.45) is 0 Å². The lowest BCUT2D eigenvalue weighted by atomic mass is 10.1. The number of fused-ring (bicyclic) bond motifs is 1. The van der Waals surface area contributed by atoms with Crippen LogP contribution in [-0.4, -0.2) is 30.1 Å². The molecule has 94 valence electrons. The summed E-state index contributed by atoms with van der Waals surface area (Å²) in [7, 11) is 2.16. The van der Waals surface area contributed by atoms with Crippen molar-refractivity contribution in [2.75, 3.05) is 18.6 Å². The predicted molar refractivity (Wildman–Crippen MR) is 75.1 cm³/mol. The van der Waals surface area contributed by atoms with E-state index in [4.69, 9.17) is 5.11 Å². The van der Waals surface area contributed by atoms with Gasteiger partial charge in [0.2, 0.25) is 0 Å². The molecule has 2 nitrogen and oxygen atoms in total. The zero-order valence-corrected chi connectivity index (χ0v) is 11.8. The summed E-state index contributed by atoms with van der Waals surface area (Å²) in [5, 5.41) is 9.64. The molecular formula is C14H21NOS. The van der Waals surface area contributed by atoms with E-state index in [1.807, 2.05) is 11.8 Å². The van der Waals surface area contributed by atoms with E-state index in [1.54, 1.807) is 0 Å². The standard InChI is InChI=1S/C14H21NOS/c1-9-7-10(2)14-12(8-9)15(4)11(3)13(17-14)5-6-16/h7-8,11,13,16H,5-6H2,1-4H3. The van der Waals surface area contributed by atoms with E-state index in [2.05, 4.69) is 44.9 Å². The average Bonchev–Trinajstić information content (AvgIpc) is 2.27. The lowest BCUT2D eigenvalue weighted by molar-refractivity contribution is 0.282. The highest BCUT2D eigenvalue weighted by molar-refractivity contribution is 8.00. The largest absolute Gasteiger partial charge is 0.396 e. The molecule has 2 atom stereocenters. The number of nitrogens with zero attached hydrogens (tertiary/aromatic N) is 1. The van der Waals surface area contributed by atoms with Crippen LogP contribution < -0.4 is 4.90 Å². The summed E-state index contributed by atoms with van der Waals surface area (Å²) in [5.41, 5.74) is 4.02. The number of aryl methyl sites for hydroxylation is 2. The first-order valence-corrected chi connectivity index (χ1v) is 7.04. The van der Waals surface area contributed by atoms with Gasteiger partial charge in [0.15, 0.2) is 0 Å². The van der Waals surface area contributed by atoms with Gasteiger partial charge in [0.05, 0.1) is 5.69 Å². The molecule has 1 aromatic rings. The molecule has 0 saturated heterocycles. The molecule has 0 amide bonds. The van der Waals surface area contributed by atoms with Gasteiger partial charge in [-0.15, -0.1) is 11.8 Å². The van der Waals surface area contributed by atoms with Crippen LogP contribution in [0.1, 0.15) is 24.5 Å². The minimum Gasteiger partial charge on any atom is -0.396 e. The highest BCUT2D eigenvalue weighted by atomic mass is 32.2. The highest BCUT2D eigenvalue weighted by Gasteiger charge is 2.30. The van der Waals surface area contributed by atoms with Crippen molar-refractivity contribution in [3.8, 4) is 0 Å². The molecule has 1 N–H and O–H groups in total. The molecule has 2 rings (SSSR count). The molecule has 0 fully saturated rings. The summed E-state index contributed by atoms with van der Waals surface area (Å²) in [6.45, 7) is 6.85. The van der Waals surface area contributed by atoms with Crippen molar-refractivity contribution < 1.29 is 5.11 Å². The van der Waals surface area contributed by atoms with Gasteiger partial charge in [-0.2, -0.15) is 0 Å². The van der Waals surface area contributed by atoms with Gasteiger partial charge in [0, 0.05) is 29.8 Å². The molecule has 0 radical (unpaired) electrons. The summed E-state index contributed by atoms with van der Waals surface area (Å²) in [6.07, 6.45) is 0.864. The molecular weight excluding hydrogens is 230 g/mol. The summed E-state index contributed by atoms with van der Waals surface area (Å²) < 4.78 is 0. The van der Waals surface area contributed by atoms with Crippen LogP contribution in [0, 0.1) is 13.8 Å². The highest BCUT2D eigenvalue weighted by Crippen LogP contribution is 2.44. The van der Waals surface area contributed by atoms with Crippen molar-refractivity contribution in [1.82, 2.24) is 0 Å². The summed E-state index contributed by atoms with van der Waals surface area (Å²) in [5.74, 6) is 0. The fourth-order valence-corrected chi connectivity index (χ4v) is 3.97. The Hall–Kier alpha value is -0.670. The van der Waals surface area contributed by atoms with Crippen molar-refractivity contribution in [3.63, 3.8) is 0 Å². The van der Waals surface area contributed by atoms with E-state index in [1.165, 1.54) is 21.7 Å². The van der Waals surface area contributed by atoms with Crippen LogP contribution in [0.2, 0.25) is 0 Å². The monoisotopic (exact) mass is 251 g/mol. The fourth-order valence-electron chi connectivity index (χ4n) is 2.49. The van der Waals surface area contributed by atoms with Crippen LogP contribution in [0.5, 0.6) is 0 Å². The van der Waals surface area contributed by atoms with Crippen LogP contribution >= 0.6 is 11.8 Å². The van der Waals surface area contributed by atoms with Gasteiger partial charge in [-0.3, -0.25) is 0 Å². The first kappa shape index (κ1) is 12.8. The number of aliphatic hydroxyl groups excluding tert-OH is 1. The van der Waals surface area contributed by atoms with Crippen LogP contribution in [-0.2, 0) is 0 Å². The second kappa shape index (κ2) is 4.91. The summed E-state index contributed by atoms with van der Waals surface area (Å²) in [6, 6.07) is 4.98. The molecule has 0 aromatic heterocycles. The van der Waals surface area contributed by atoms with E-state index < -0.39 is 0 Å². The van der Waals surface area contributed by atoms with Crippen molar-refractivity contribution in [1.29, 1.82) is 0 Å². The quantitative estimate of drug-likeness (QED) is 0.874. The van der Waals surface area contributed by atoms with Crippen LogP contribution in [0.4, 0.5) is 5.69 Å². The lowest BCUT2D eigenvalue weighted by Gasteiger charge is -2.40. The number of thioether (sulfide) groups is 1. The molecule has 1 heterocycles. The maximum Gasteiger partial charge on any atom is 0.0510 e. The first-order valence-electron chi connectivity index (χ1n) is 6.16. The molecule has 1 aliphatic heterocycles. The Kier molecular flexibility index (Phi) is 3.69. The Bertz CT molecular complexity index is 419. The van der Waals surface area contributed by atoms with E-state index in [9.17, 15) is 0 Å². The SMILES string of the molecule is Cc1cc(C)c2c(c1)N(C)C(C)C(CCO)S2. The van der Waals surface area contributed by atoms with Crippen molar-refractivity contribution in [2.45, 2.75) is 43.4 Å². The zero-order chi connectivity index (χ0) is 12.6. The number of hydrogen-bond donors (Lipinski definition) is 1. The second-order valence-corrected chi connectivity index (χ2v) is 6.20. The van der Waals surface area contributed by atoms with Gasteiger partial charge in [0.1, 0.15) is 0 Å². The minimum absolute atomic E-state index is 0.274. The zero-order valence-electron chi connectivity index (χ0n) is 11.0. The van der Waals surface area contributed by atoms with Gasteiger partial charge >= 0.3 is 0 Å².